The minimum atomic E-state index is 0.357. The summed E-state index contributed by atoms with van der Waals surface area (Å²) in [7, 11) is 0. The Morgan fingerprint density at radius 1 is 1.00 bits per heavy atom. The van der Waals surface area contributed by atoms with Crippen molar-refractivity contribution in [1.29, 1.82) is 0 Å². The van der Waals surface area contributed by atoms with E-state index in [-0.39, 0.29) is 0 Å². The van der Waals surface area contributed by atoms with Crippen molar-refractivity contribution in [3.8, 4) is 0 Å². The average Bonchev–Trinajstić information content (AvgIpc) is 1.97. The summed E-state index contributed by atoms with van der Waals surface area (Å²) in [6, 6.07) is 0. The van der Waals surface area contributed by atoms with Crippen molar-refractivity contribution >= 4 is 0 Å². The molecule has 1 unspecified atom stereocenters. The highest BCUT2D eigenvalue weighted by atomic mass is 16.2. The Kier molecular flexibility index (Phi) is 6.63. The summed E-state index contributed by atoms with van der Waals surface area (Å²) < 4.78 is 0. The fraction of sp³-hybridized carbons (Fsp3) is 1.00. The number of rotatable bonds is 6. The molecule has 0 aliphatic heterocycles. The summed E-state index contributed by atoms with van der Waals surface area (Å²) in [6.07, 6.45) is 4.76. The Morgan fingerprint density at radius 3 is 2.09 bits per heavy atom. The van der Waals surface area contributed by atoms with Gasteiger partial charge in [0, 0.05) is 6.61 Å². The van der Waals surface area contributed by atoms with Crippen molar-refractivity contribution in [2.45, 2.75) is 46.5 Å². The Bertz CT molecular complexity index is 78.9. The van der Waals surface area contributed by atoms with Crippen LogP contribution >= 0.6 is 0 Å². The summed E-state index contributed by atoms with van der Waals surface area (Å²) in [5.41, 5.74) is 0. The molecule has 0 aromatic heterocycles. The molecular weight excluding hydrogens is 136 g/mol. The molecule has 0 fully saturated rings. The number of hydrogen-bond acceptors (Lipinski definition) is 1. The predicted octanol–water partition coefficient (Wildman–Crippen LogP) is 2.83. The smallest absolute Gasteiger partial charge is 0.0431 e. The quantitative estimate of drug-likeness (QED) is 0.589. The third-order valence-electron chi connectivity index (χ3n) is 2.46. The molecule has 0 saturated carbocycles. The first-order valence-electron chi connectivity index (χ1n) is 4.79. The Labute approximate surface area is 70.8 Å². The molecule has 0 rings (SSSR count). The Balaban J connectivity index is 3.10. The van der Waals surface area contributed by atoms with Gasteiger partial charge < -0.3 is 5.11 Å². The first-order valence-corrected chi connectivity index (χ1v) is 4.79. The molecule has 0 radical (unpaired) electrons. The van der Waals surface area contributed by atoms with Crippen molar-refractivity contribution in [2.75, 3.05) is 6.61 Å². The molecule has 1 nitrogen and oxygen atoms in total. The second kappa shape index (κ2) is 6.66. The van der Waals surface area contributed by atoms with Gasteiger partial charge in [0.05, 0.1) is 0 Å². The summed E-state index contributed by atoms with van der Waals surface area (Å²) >= 11 is 0. The van der Waals surface area contributed by atoms with Crippen LogP contribution in [0.1, 0.15) is 46.5 Å². The molecule has 0 spiro atoms. The zero-order valence-electron chi connectivity index (χ0n) is 8.14. The number of aliphatic hydroxyl groups is 1. The minimum absolute atomic E-state index is 0.357. The first-order chi connectivity index (χ1) is 5.18. The Morgan fingerprint density at radius 2 is 1.64 bits per heavy atom. The van der Waals surface area contributed by atoms with Crippen molar-refractivity contribution in [1.82, 2.24) is 0 Å². The topological polar surface area (TPSA) is 20.2 Å². The zero-order chi connectivity index (χ0) is 8.69. The van der Waals surface area contributed by atoms with Crippen LogP contribution in [0.5, 0.6) is 0 Å². The van der Waals surface area contributed by atoms with E-state index in [1.807, 2.05) is 0 Å². The summed E-state index contributed by atoms with van der Waals surface area (Å²) in [5, 5.41) is 8.54. The molecule has 1 N–H and O–H groups in total. The summed E-state index contributed by atoms with van der Waals surface area (Å²) in [4.78, 5) is 0. The molecule has 0 aliphatic carbocycles. The van der Waals surface area contributed by atoms with Crippen molar-refractivity contribution in [3.63, 3.8) is 0 Å². The minimum Gasteiger partial charge on any atom is -0.396 e. The second-order valence-corrected chi connectivity index (χ2v) is 3.79. The fourth-order valence-corrected chi connectivity index (χ4v) is 1.09. The van der Waals surface area contributed by atoms with E-state index >= 15 is 0 Å². The largest absolute Gasteiger partial charge is 0.396 e. The van der Waals surface area contributed by atoms with Crippen molar-refractivity contribution in [2.24, 2.45) is 11.8 Å². The van der Waals surface area contributed by atoms with Gasteiger partial charge in [-0.25, -0.2) is 0 Å². The molecule has 1 heteroatoms. The van der Waals surface area contributed by atoms with E-state index in [0.717, 1.165) is 18.3 Å². The van der Waals surface area contributed by atoms with E-state index in [4.69, 9.17) is 5.11 Å². The molecule has 1 atom stereocenters. The van der Waals surface area contributed by atoms with Gasteiger partial charge in [0.25, 0.3) is 0 Å². The predicted molar refractivity (Wildman–Crippen MR) is 49.6 cm³/mol. The second-order valence-electron chi connectivity index (χ2n) is 3.79. The van der Waals surface area contributed by atoms with Crippen LogP contribution in [0, 0.1) is 11.8 Å². The van der Waals surface area contributed by atoms with Crippen molar-refractivity contribution in [3.05, 3.63) is 0 Å². The van der Waals surface area contributed by atoms with Gasteiger partial charge in [0.2, 0.25) is 0 Å². The lowest BCUT2D eigenvalue weighted by Crippen LogP contribution is -2.03. The molecule has 68 valence electrons. The van der Waals surface area contributed by atoms with Crippen LogP contribution in [-0.2, 0) is 0 Å². The lowest BCUT2D eigenvalue weighted by molar-refractivity contribution is 0.278. The Hall–Kier alpha value is -0.0400. The molecule has 0 aromatic rings. The monoisotopic (exact) mass is 158 g/mol. The van der Waals surface area contributed by atoms with Crippen LogP contribution < -0.4 is 0 Å². The van der Waals surface area contributed by atoms with Gasteiger partial charge in [-0.1, -0.05) is 40.0 Å². The maximum atomic E-state index is 8.54. The number of hydrogen-bond donors (Lipinski definition) is 1. The van der Waals surface area contributed by atoms with E-state index in [1.54, 1.807) is 0 Å². The molecule has 0 aliphatic rings. The van der Waals surface area contributed by atoms with Gasteiger partial charge in [-0.3, -0.25) is 0 Å². The zero-order valence-corrected chi connectivity index (χ0v) is 8.14. The highest BCUT2D eigenvalue weighted by Gasteiger charge is 2.05. The SMILES string of the molecule is CC(C)C(C)CCCCCO. The molecular formula is C10H22O. The van der Waals surface area contributed by atoms with E-state index < -0.39 is 0 Å². The molecule has 0 heterocycles. The molecule has 0 bridgehead atoms. The average molecular weight is 158 g/mol. The van der Waals surface area contributed by atoms with Crippen LogP contribution in [0.2, 0.25) is 0 Å². The van der Waals surface area contributed by atoms with Gasteiger partial charge in [-0.2, -0.15) is 0 Å². The summed E-state index contributed by atoms with van der Waals surface area (Å²) in [6.45, 7) is 7.22. The number of unbranched alkanes of at least 4 members (excludes halogenated alkanes) is 2. The van der Waals surface area contributed by atoms with Crippen LogP contribution in [-0.4, -0.2) is 11.7 Å². The molecule has 0 aromatic carbocycles. The molecule has 0 amide bonds. The summed E-state index contributed by atoms with van der Waals surface area (Å²) in [5.74, 6) is 1.65. The molecule has 0 saturated heterocycles. The van der Waals surface area contributed by atoms with Crippen LogP contribution in [0.4, 0.5) is 0 Å². The van der Waals surface area contributed by atoms with Crippen LogP contribution in [0.3, 0.4) is 0 Å². The molecule has 11 heavy (non-hydrogen) atoms. The lowest BCUT2D eigenvalue weighted by Gasteiger charge is -2.14. The van der Waals surface area contributed by atoms with Gasteiger partial charge in [0.1, 0.15) is 0 Å². The van der Waals surface area contributed by atoms with E-state index in [1.165, 1.54) is 19.3 Å². The van der Waals surface area contributed by atoms with Gasteiger partial charge in [-0.15, -0.1) is 0 Å². The maximum Gasteiger partial charge on any atom is 0.0431 e. The third kappa shape index (κ3) is 6.36. The normalized spacial score (nSPS) is 13.9. The third-order valence-corrected chi connectivity index (χ3v) is 2.46. The van der Waals surface area contributed by atoms with E-state index in [2.05, 4.69) is 20.8 Å². The first kappa shape index (κ1) is 11.0. The van der Waals surface area contributed by atoms with Crippen LogP contribution in [0.15, 0.2) is 0 Å². The van der Waals surface area contributed by atoms with Gasteiger partial charge >= 0.3 is 0 Å². The number of aliphatic hydroxyl groups excluding tert-OH is 1. The van der Waals surface area contributed by atoms with Gasteiger partial charge in [0.15, 0.2) is 0 Å². The van der Waals surface area contributed by atoms with E-state index in [0.29, 0.717) is 6.61 Å². The standard InChI is InChI=1S/C10H22O/c1-9(2)10(3)7-5-4-6-8-11/h9-11H,4-8H2,1-3H3. The fourth-order valence-electron chi connectivity index (χ4n) is 1.09. The van der Waals surface area contributed by atoms with E-state index in [9.17, 15) is 0 Å². The van der Waals surface area contributed by atoms with Crippen LogP contribution in [0.25, 0.3) is 0 Å². The van der Waals surface area contributed by atoms with Gasteiger partial charge in [-0.05, 0) is 18.3 Å². The highest BCUT2D eigenvalue weighted by molar-refractivity contribution is 4.56. The maximum absolute atomic E-state index is 8.54. The lowest BCUT2D eigenvalue weighted by atomic mass is 9.92. The highest BCUT2D eigenvalue weighted by Crippen LogP contribution is 2.17. The van der Waals surface area contributed by atoms with Crippen molar-refractivity contribution < 1.29 is 5.11 Å².